The van der Waals surface area contributed by atoms with Crippen LogP contribution in [0.5, 0.6) is 0 Å². The average Bonchev–Trinajstić information content (AvgIpc) is 3.33. The molecule has 1 unspecified atom stereocenters. The highest BCUT2D eigenvalue weighted by Gasteiger charge is 2.34. The molecule has 0 bridgehead atoms. The number of nitrogens with zero attached hydrogens (tertiary/aromatic N) is 4. The van der Waals surface area contributed by atoms with Crippen molar-refractivity contribution in [2.45, 2.75) is 36.0 Å². The molecule has 1 atom stereocenters. The number of thioether (sulfide) groups is 1. The molecule has 6 nitrogen and oxygen atoms in total. The zero-order valence-corrected chi connectivity index (χ0v) is 20.9. The van der Waals surface area contributed by atoms with Gasteiger partial charge in [0.25, 0.3) is 5.91 Å². The van der Waals surface area contributed by atoms with E-state index in [-0.39, 0.29) is 11.9 Å². The second kappa shape index (κ2) is 10.2. The van der Waals surface area contributed by atoms with Gasteiger partial charge in [-0.15, -0.1) is 11.8 Å². The first kappa shape index (κ1) is 22.8. The van der Waals surface area contributed by atoms with Gasteiger partial charge in [-0.25, -0.2) is 0 Å². The molecule has 2 aromatic carbocycles. The Balaban J connectivity index is 1.31. The summed E-state index contributed by atoms with van der Waals surface area (Å²) in [7, 11) is 0. The highest BCUT2D eigenvalue weighted by Crippen LogP contribution is 2.44. The van der Waals surface area contributed by atoms with Gasteiger partial charge in [0.2, 0.25) is 0 Å². The summed E-state index contributed by atoms with van der Waals surface area (Å²) in [5, 5.41) is 5.09. The predicted molar refractivity (Wildman–Crippen MR) is 139 cm³/mol. The van der Waals surface area contributed by atoms with Crippen LogP contribution in [0.2, 0.25) is 0 Å². The predicted octanol–water partition coefficient (Wildman–Crippen LogP) is 4.51. The highest BCUT2D eigenvalue weighted by molar-refractivity contribution is 7.98. The van der Waals surface area contributed by atoms with E-state index in [1.165, 1.54) is 16.0 Å². The molecule has 1 aromatic heterocycles. The van der Waals surface area contributed by atoms with E-state index in [1.807, 2.05) is 16.7 Å². The summed E-state index contributed by atoms with van der Waals surface area (Å²) in [5.41, 5.74) is 5.51. The lowest BCUT2D eigenvalue weighted by Gasteiger charge is -2.34. The molecule has 182 valence electrons. The first-order valence-corrected chi connectivity index (χ1v) is 13.7. The normalized spacial score (nSPS) is 20.3. The van der Waals surface area contributed by atoms with Gasteiger partial charge in [0, 0.05) is 48.0 Å². The summed E-state index contributed by atoms with van der Waals surface area (Å²) >= 11 is 1.82. The Morgan fingerprint density at radius 3 is 2.69 bits per heavy atom. The highest BCUT2D eigenvalue weighted by atomic mass is 32.2. The van der Waals surface area contributed by atoms with Crippen LogP contribution in [0.4, 0.5) is 0 Å². The third kappa shape index (κ3) is 4.65. The van der Waals surface area contributed by atoms with Crippen LogP contribution in [-0.2, 0) is 16.9 Å². The number of carbonyl (C=O) groups is 1. The van der Waals surface area contributed by atoms with Crippen LogP contribution in [0, 0.1) is 0 Å². The molecular weight excluding hydrogens is 456 g/mol. The van der Waals surface area contributed by atoms with Crippen molar-refractivity contribution >= 4 is 17.7 Å². The SMILES string of the molecule is O=C(c1nn(C2CCCN(CCc3ccccc3)C2)c2c1CSc1ccccc1-2)N1CCOCC1. The third-order valence-corrected chi connectivity index (χ3v) is 8.51. The lowest BCUT2D eigenvalue weighted by atomic mass is 10.0. The molecular formula is C28H32N4O2S. The van der Waals surface area contributed by atoms with Crippen LogP contribution >= 0.6 is 11.8 Å². The maximum absolute atomic E-state index is 13.6. The molecule has 0 spiro atoms. The lowest BCUT2D eigenvalue weighted by Crippen LogP contribution is -2.41. The van der Waals surface area contributed by atoms with Gasteiger partial charge in [-0.1, -0.05) is 48.5 Å². The number of aromatic nitrogens is 2. The van der Waals surface area contributed by atoms with Gasteiger partial charge in [0.15, 0.2) is 5.69 Å². The monoisotopic (exact) mass is 488 g/mol. The first-order valence-electron chi connectivity index (χ1n) is 12.7. The Labute approximate surface area is 211 Å². The Hall–Kier alpha value is -2.61. The maximum Gasteiger partial charge on any atom is 0.274 e. The van der Waals surface area contributed by atoms with E-state index < -0.39 is 0 Å². The van der Waals surface area contributed by atoms with E-state index in [0.717, 1.165) is 55.9 Å². The number of benzene rings is 2. The minimum Gasteiger partial charge on any atom is -0.378 e. The molecule has 0 N–H and O–H groups in total. The molecule has 0 aliphatic carbocycles. The van der Waals surface area contributed by atoms with Crippen molar-refractivity contribution in [1.29, 1.82) is 0 Å². The van der Waals surface area contributed by atoms with Crippen molar-refractivity contribution in [3.63, 3.8) is 0 Å². The Bertz CT molecular complexity index is 1190. The number of rotatable bonds is 5. The average molecular weight is 489 g/mol. The zero-order chi connectivity index (χ0) is 23.6. The van der Waals surface area contributed by atoms with E-state index in [1.54, 1.807) is 0 Å². The van der Waals surface area contributed by atoms with Crippen LogP contribution < -0.4 is 0 Å². The number of piperidine rings is 1. The van der Waals surface area contributed by atoms with Crippen molar-refractivity contribution in [1.82, 2.24) is 19.6 Å². The van der Waals surface area contributed by atoms with Crippen LogP contribution in [0.25, 0.3) is 11.3 Å². The molecule has 3 aromatic rings. The standard InChI is InChI=1S/C28H32N4O2S/c33-28(31-15-17-34-18-16-31)26-24-20-35-25-11-5-4-10-23(25)27(24)32(29-26)22-9-6-13-30(19-22)14-12-21-7-2-1-3-8-21/h1-5,7-8,10-11,22H,6,9,12-20H2. The molecule has 2 fully saturated rings. The van der Waals surface area contributed by atoms with Gasteiger partial charge in [-0.3, -0.25) is 9.48 Å². The van der Waals surface area contributed by atoms with E-state index in [9.17, 15) is 4.79 Å². The fourth-order valence-corrected chi connectivity index (χ4v) is 6.62. The summed E-state index contributed by atoms with van der Waals surface area (Å²) in [4.78, 5) is 19.3. The lowest BCUT2D eigenvalue weighted by molar-refractivity contribution is 0.0297. The van der Waals surface area contributed by atoms with Crippen LogP contribution in [0.1, 0.15) is 40.5 Å². The van der Waals surface area contributed by atoms with Gasteiger partial charge >= 0.3 is 0 Å². The second-order valence-corrected chi connectivity index (χ2v) is 10.7. The fourth-order valence-electron chi connectivity index (χ4n) is 5.55. The Morgan fingerprint density at radius 2 is 1.83 bits per heavy atom. The molecule has 3 aliphatic rings. The minimum atomic E-state index is 0.0556. The second-order valence-electron chi connectivity index (χ2n) is 9.64. The number of likely N-dealkylation sites (tertiary alicyclic amines) is 1. The number of amides is 1. The molecule has 1 amide bonds. The van der Waals surface area contributed by atoms with Gasteiger partial charge in [0.05, 0.1) is 24.9 Å². The summed E-state index contributed by atoms with van der Waals surface area (Å²) in [6, 6.07) is 19.6. The summed E-state index contributed by atoms with van der Waals surface area (Å²) in [6.07, 6.45) is 3.30. The molecule has 2 saturated heterocycles. The van der Waals surface area contributed by atoms with E-state index in [2.05, 4.69) is 64.2 Å². The summed E-state index contributed by atoms with van der Waals surface area (Å²) < 4.78 is 7.70. The third-order valence-electron chi connectivity index (χ3n) is 7.41. The van der Waals surface area contributed by atoms with Crippen molar-refractivity contribution in [2.75, 3.05) is 45.9 Å². The van der Waals surface area contributed by atoms with Gasteiger partial charge in [0.1, 0.15) is 0 Å². The smallest absolute Gasteiger partial charge is 0.274 e. The molecule has 0 radical (unpaired) electrons. The molecule has 6 rings (SSSR count). The number of ether oxygens (including phenoxy) is 1. The van der Waals surface area contributed by atoms with Crippen LogP contribution in [0.15, 0.2) is 59.5 Å². The maximum atomic E-state index is 13.6. The van der Waals surface area contributed by atoms with E-state index >= 15 is 0 Å². The van der Waals surface area contributed by atoms with Gasteiger partial charge in [-0.05, 0) is 37.4 Å². The molecule has 35 heavy (non-hydrogen) atoms. The quantitative estimate of drug-likeness (QED) is 0.529. The number of fused-ring (bicyclic) bond motifs is 3. The number of carbonyl (C=O) groups excluding carboxylic acids is 1. The van der Waals surface area contributed by atoms with Crippen molar-refractivity contribution in [3.05, 3.63) is 71.4 Å². The number of morpholine rings is 1. The van der Waals surface area contributed by atoms with Crippen molar-refractivity contribution in [3.8, 4) is 11.3 Å². The molecule has 7 heteroatoms. The minimum absolute atomic E-state index is 0.0556. The number of hydrogen-bond acceptors (Lipinski definition) is 5. The van der Waals surface area contributed by atoms with Gasteiger partial charge < -0.3 is 14.5 Å². The molecule has 4 heterocycles. The zero-order valence-electron chi connectivity index (χ0n) is 20.1. The largest absolute Gasteiger partial charge is 0.378 e. The topological polar surface area (TPSA) is 50.6 Å². The van der Waals surface area contributed by atoms with Gasteiger partial charge in [-0.2, -0.15) is 5.10 Å². The van der Waals surface area contributed by atoms with Crippen molar-refractivity contribution in [2.24, 2.45) is 0 Å². The van der Waals surface area contributed by atoms with Crippen LogP contribution in [0.3, 0.4) is 0 Å². The summed E-state index contributed by atoms with van der Waals surface area (Å²) in [6.45, 7) is 5.63. The van der Waals surface area contributed by atoms with Crippen LogP contribution in [-0.4, -0.2) is 71.4 Å². The first-order chi connectivity index (χ1) is 17.3. The Kier molecular flexibility index (Phi) is 6.63. The number of hydrogen-bond donors (Lipinski definition) is 0. The summed E-state index contributed by atoms with van der Waals surface area (Å²) in [5.74, 6) is 0.849. The Morgan fingerprint density at radius 1 is 1.03 bits per heavy atom. The molecule has 3 aliphatic heterocycles. The van der Waals surface area contributed by atoms with Crippen molar-refractivity contribution < 1.29 is 9.53 Å². The molecule has 0 saturated carbocycles. The van der Waals surface area contributed by atoms with E-state index in [0.29, 0.717) is 32.0 Å². The fraction of sp³-hybridized carbons (Fsp3) is 0.429. The van der Waals surface area contributed by atoms with E-state index in [4.69, 9.17) is 9.84 Å².